The molecule has 1 aromatic carbocycles. The first-order valence-electron chi connectivity index (χ1n) is 5.46. The molecule has 3 nitrogen and oxygen atoms in total. The number of hydrogen-bond acceptors (Lipinski definition) is 2. The molecular weight excluding hydrogens is 224 g/mol. The quantitative estimate of drug-likeness (QED) is 0.774. The molecule has 0 radical (unpaired) electrons. The maximum Gasteiger partial charge on any atom is 0.253 e. The minimum Gasteiger partial charge on any atom is -0.398 e. The van der Waals surface area contributed by atoms with E-state index in [4.69, 9.17) is 17.3 Å². The summed E-state index contributed by atoms with van der Waals surface area (Å²) in [7, 11) is 0. The fourth-order valence-electron chi connectivity index (χ4n) is 2.66. The standard InChI is InChI=1S/C12H13ClN2O/c13-10-8(2-1-3-9(10)14)11(16)15-12-4-7(5-12)6-12/h1-3,7H,4-6,14H2,(H,15,16). The molecule has 4 rings (SSSR count). The first-order chi connectivity index (χ1) is 7.60. The van der Waals surface area contributed by atoms with Gasteiger partial charge in [-0.3, -0.25) is 4.79 Å². The first-order valence-corrected chi connectivity index (χ1v) is 5.84. The summed E-state index contributed by atoms with van der Waals surface area (Å²) < 4.78 is 0. The topological polar surface area (TPSA) is 55.1 Å². The number of nitrogens with two attached hydrogens (primary N) is 1. The molecule has 16 heavy (non-hydrogen) atoms. The highest BCUT2D eigenvalue weighted by molar-refractivity contribution is 6.36. The fraction of sp³-hybridized carbons (Fsp3) is 0.417. The number of amides is 1. The largest absolute Gasteiger partial charge is 0.398 e. The van der Waals surface area contributed by atoms with E-state index in [2.05, 4.69) is 5.32 Å². The van der Waals surface area contributed by atoms with Crippen molar-refractivity contribution < 1.29 is 4.79 Å². The molecule has 1 amide bonds. The van der Waals surface area contributed by atoms with Crippen LogP contribution >= 0.6 is 11.6 Å². The van der Waals surface area contributed by atoms with Gasteiger partial charge in [0.1, 0.15) is 0 Å². The minimum absolute atomic E-state index is 0.0790. The summed E-state index contributed by atoms with van der Waals surface area (Å²) in [5, 5.41) is 3.42. The van der Waals surface area contributed by atoms with E-state index in [1.165, 1.54) is 0 Å². The number of hydrogen-bond donors (Lipinski definition) is 2. The van der Waals surface area contributed by atoms with Crippen LogP contribution in [0.3, 0.4) is 0 Å². The Balaban J connectivity index is 1.80. The van der Waals surface area contributed by atoms with Crippen LogP contribution in [0.1, 0.15) is 29.6 Å². The molecule has 0 atom stereocenters. The van der Waals surface area contributed by atoms with Crippen molar-refractivity contribution in [2.75, 3.05) is 5.73 Å². The van der Waals surface area contributed by atoms with Crippen LogP contribution in [-0.2, 0) is 0 Å². The molecule has 0 saturated heterocycles. The van der Waals surface area contributed by atoms with Crippen molar-refractivity contribution in [3.05, 3.63) is 28.8 Å². The normalized spacial score (nSPS) is 30.2. The third-order valence-electron chi connectivity index (χ3n) is 3.69. The van der Waals surface area contributed by atoms with Gasteiger partial charge in [-0.1, -0.05) is 17.7 Å². The van der Waals surface area contributed by atoms with E-state index in [9.17, 15) is 4.79 Å². The van der Waals surface area contributed by atoms with Crippen LogP contribution in [0, 0.1) is 5.92 Å². The lowest BCUT2D eigenvalue weighted by molar-refractivity contribution is -0.0438. The third kappa shape index (κ3) is 1.31. The third-order valence-corrected chi connectivity index (χ3v) is 4.11. The summed E-state index contributed by atoms with van der Waals surface area (Å²) in [5.41, 5.74) is 6.67. The first kappa shape index (κ1) is 9.97. The molecule has 0 aromatic heterocycles. The van der Waals surface area contributed by atoms with Gasteiger partial charge in [0, 0.05) is 5.54 Å². The molecule has 3 aliphatic rings. The minimum atomic E-state index is -0.101. The van der Waals surface area contributed by atoms with E-state index < -0.39 is 0 Å². The van der Waals surface area contributed by atoms with Crippen LogP contribution in [0.2, 0.25) is 5.02 Å². The molecule has 1 aromatic rings. The Kier molecular flexibility index (Phi) is 1.96. The summed E-state index contributed by atoms with van der Waals surface area (Å²) in [6, 6.07) is 5.15. The van der Waals surface area contributed by atoms with Gasteiger partial charge < -0.3 is 11.1 Å². The van der Waals surface area contributed by atoms with Gasteiger partial charge in [0.05, 0.1) is 16.3 Å². The molecule has 84 valence electrons. The van der Waals surface area contributed by atoms with Gasteiger partial charge in [-0.2, -0.15) is 0 Å². The zero-order valence-electron chi connectivity index (χ0n) is 8.79. The van der Waals surface area contributed by atoms with E-state index >= 15 is 0 Å². The fourth-order valence-corrected chi connectivity index (χ4v) is 2.88. The summed E-state index contributed by atoms with van der Waals surface area (Å²) in [4.78, 5) is 12.0. The number of halogens is 1. The van der Waals surface area contributed by atoms with E-state index in [1.807, 2.05) is 0 Å². The number of carbonyl (C=O) groups excluding carboxylic acids is 1. The van der Waals surface area contributed by atoms with Crippen LogP contribution < -0.4 is 11.1 Å². The number of nitrogen functional groups attached to an aromatic ring is 1. The van der Waals surface area contributed by atoms with Gasteiger partial charge >= 0.3 is 0 Å². The van der Waals surface area contributed by atoms with Crippen molar-refractivity contribution in [2.45, 2.75) is 24.8 Å². The van der Waals surface area contributed by atoms with Crippen molar-refractivity contribution in [3.63, 3.8) is 0 Å². The Morgan fingerprint density at radius 2 is 2.12 bits per heavy atom. The average Bonchev–Trinajstić information content (AvgIpc) is 2.13. The Hall–Kier alpha value is -1.22. The van der Waals surface area contributed by atoms with Crippen LogP contribution in [0.25, 0.3) is 0 Å². The number of anilines is 1. The van der Waals surface area contributed by atoms with Gasteiger partial charge in [0.15, 0.2) is 0 Å². The Morgan fingerprint density at radius 3 is 2.69 bits per heavy atom. The molecule has 3 saturated carbocycles. The smallest absolute Gasteiger partial charge is 0.253 e. The van der Waals surface area contributed by atoms with E-state index in [1.54, 1.807) is 18.2 Å². The highest BCUT2D eigenvalue weighted by Gasteiger charge is 2.57. The number of rotatable bonds is 2. The molecule has 3 aliphatic carbocycles. The van der Waals surface area contributed by atoms with Gasteiger partial charge in [-0.05, 0) is 37.3 Å². The molecule has 0 aliphatic heterocycles. The highest BCUT2D eigenvalue weighted by atomic mass is 35.5. The zero-order valence-corrected chi connectivity index (χ0v) is 9.55. The molecule has 4 heteroatoms. The summed E-state index contributed by atoms with van der Waals surface area (Å²) >= 11 is 6.01. The summed E-state index contributed by atoms with van der Waals surface area (Å²) in [5.74, 6) is 0.743. The monoisotopic (exact) mass is 236 g/mol. The second-order valence-corrected chi connectivity index (χ2v) is 5.30. The molecule has 0 spiro atoms. The lowest BCUT2D eigenvalue weighted by Gasteiger charge is -2.61. The van der Waals surface area contributed by atoms with Crippen LogP contribution in [0.4, 0.5) is 5.69 Å². The maximum atomic E-state index is 12.0. The van der Waals surface area contributed by atoms with Crippen molar-refractivity contribution in [1.82, 2.24) is 5.32 Å². The van der Waals surface area contributed by atoms with E-state index in [0.29, 0.717) is 16.3 Å². The molecule has 0 unspecified atom stereocenters. The SMILES string of the molecule is Nc1cccc(C(=O)NC23CC(C2)C3)c1Cl. The van der Waals surface area contributed by atoms with Crippen LogP contribution in [0.5, 0.6) is 0 Å². The van der Waals surface area contributed by atoms with Crippen LogP contribution in [-0.4, -0.2) is 11.4 Å². The van der Waals surface area contributed by atoms with Crippen molar-refractivity contribution in [3.8, 4) is 0 Å². The average molecular weight is 237 g/mol. The van der Waals surface area contributed by atoms with Gasteiger partial charge in [0.25, 0.3) is 5.91 Å². The van der Waals surface area contributed by atoms with E-state index in [-0.39, 0.29) is 11.4 Å². The molecular formula is C12H13ClN2O. The van der Waals surface area contributed by atoms with E-state index in [0.717, 1.165) is 25.2 Å². The van der Waals surface area contributed by atoms with Gasteiger partial charge in [0.2, 0.25) is 0 Å². The molecule has 2 bridgehead atoms. The number of carbonyl (C=O) groups is 1. The molecule has 3 N–H and O–H groups in total. The Bertz CT molecular complexity index is 455. The van der Waals surface area contributed by atoms with Crippen molar-refractivity contribution >= 4 is 23.2 Å². The lowest BCUT2D eigenvalue weighted by atomic mass is 9.50. The second-order valence-electron chi connectivity index (χ2n) is 4.92. The number of benzene rings is 1. The summed E-state index contributed by atoms with van der Waals surface area (Å²) in [6.07, 6.45) is 3.37. The predicted octanol–water partition coefficient (Wildman–Crippen LogP) is 2.20. The Morgan fingerprint density at radius 1 is 1.44 bits per heavy atom. The second kappa shape index (κ2) is 3.14. The van der Waals surface area contributed by atoms with Gasteiger partial charge in [-0.15, -0.1) is 0 Å². The zero-order chi connectivity index (χ0) is 11.3. The number of nitrogens with one attached hydrogen (secondary N) is 1. The highest BCUT2D eigenvalue weighted by Crippen LogP contribution is 2.57. The maximum absolute atomic E-state index is 12.0. The van der Waals surface area contributed by atoms with Crippen LogP contribution in [0.15, 0.2) is 18.2 Å². The summed E-state index contributed by atoms with van der Waals surface area (Å²) in [6.45, 7) is 0. The molecule has 0 heterocycles. The predicted molar refractivity (Wildman–Crippen MR) is 63.4 cm³/mol. The van der Waals surface area contributed by atoms with Crippen molar-refractivity contribution in [1.29, 1.82) is 0 Å². The molecule has 3 fully saturated rings. The Labute approximate surface area is 99.0 Å². The van der Waals surface area contributed by atoms with Crippen molar-refractivity contribution in [2.24, 2.45) is 5.92 Å². The van der Waals surface area contributed by atoms with Gasteiger partial charge in [-0.25, -0.2) is 0 Å². The lowest BCUT2D eigenvalue weighted by Crippen LogP contribution is -2.68.